The number of ketones is 1. The zero-order valence-corrected chi connectivity index (χ0v) is 13.3. The van der Waals surface area contributed by atoms with Gasteiger partial charge in [0, 0.05) is 10.6 Å². The molecule has 0 fully saturated rings. The summed E-state index contributed by atoms with van der Waals surface area (Å²) in [7, 11) is 0. The van der Waals surface area contributed by atoms with Gasteiger partial charge in [-0.2, -0.15) is 0 Å². The van der Waals surface area contributed by atoms with Gasteiger partial charge in [-0.05, 0) is 31.2 Å². The van der Waals surface area contributed by atoms with Crippen molar-refractivity contribution in [2.45, 2.75) is 17.2 Å². The maximum Gasteiger partial charge on any atom is 0.276 e. The third kappa shape index (κ3) is 2.16. The van der Waals surface area contributed by atoms with E-state index in [9.17, 15) is 9.59 Å². The van der Waals surface area contributed by atoms with Crippen LogP contribution in [0, 0.1) is 0 Å². The minimum absolute atomic E-state index is 0.0791. The summed E-state index contributed by atoms with van der Waals surface area (Å²) in [5.41, 5.74) is 2.60. The average molecular weight is 322 g/mol. The predicted octanol–water partition coefficient (Wildman–Crippen LogP) is 3.42. The molecule has 0 radical (unpaired) electrons. The van der Waals surface area contributed by atoms with Crippen molar-refractivity contribution in [3.05, 3.63) is 65.9 Å². The Kier molecular flexibility index (Phi) is 3.23. The highest BCUT2D eigenvalue weighted by atomic mass is 32.2. The van der Waals surface area contributed by atoms with Crippen molar-refractivity contribution in [2.75, 3.05) is 10.2 Å². The number of nitrogens with one attached hydrogen (secondary N) is 1. The van der Waals surface area contributed by atoms with Gasteiger partial charge < -0.3 is 5.32 Å². The molecule has 1 N–H and O–H groups in total. The molecule has 1 atom stereocenters. The van der Waals surface area contributed by atoms with E-state index in [0.29, 0.717) is 11.3 Å². The maximum absolute atomic E-state index is 12.9. The summed E-state index contributed by atoms with van der Waals surface area (Å²) in [6.45, 7) is 1.52. The monoisotopic (exact) mass is 322 g/mol. The first-order valence-corrected chi connectivity index (χ1v) is 8.21. The Hall–Kier alpha value is -2.53. The Labute approximate surface area is 138 Å². The van der Waals surface area contributed by atoms with Crippen LogP contribution in [0.4, 0.5) is 11.4 Å². The van der Waals surface area contributed by atoms with E-state index in [1.807, 2.05) is 54.6 Å². The van der Waals surface area contributed by atoms with Gasteiger partial charge in [0.1, 0.15) is 11.1 Å². The van der Waals surface area contributed by atoms with Crippen molar-refractivity contribution < 1.29 is 9.59 Å². The fourth-order valence-corrected chi connectivity index (χ4v) is 4.36. The molecule has 2 aromatic rings. The van der Waals surface area contributed by atoms with Gasteiger partial charge in [-0.25, -0.2) is 0 Å². The van der Waals surface area contributed by atoms with Gasteiger partial charge in [-0.15, -0.1) is 0 Å². The second kappa shape index (κ2) is 5.28. The minimum atomic E-state index is -0.274. The first kappa shape index (κ1) is 14.1. The topological polar surface area (TPSA) is 49.4 Å². The number of hydrogen-bond donors (Lipinski definition) is 1. The summed E-state index contributed by atoms with van der Waals surface area (Å²) in [5, 5.41) is 2.86. The summed E-state index contributed by atoms with van der Waals surface area (Å²) < 4.78 is 0. The number of hydrogen-bond acceptors (Lipinski definition) is 4. The highest BCUT2D eigenvalue weighted by Gasteiger charge is 2.47. The van der Waals surface area contributed by atoms with E-state index in [2.05, 4.69) is 5.32 Å². The quantitative estimate of drug-likeness (QED) is 0.941. The van der Waals surface area contributed by atoms with Gasteiger partial charge in [0.15, 0.2) is 5.78 Å². The largest absolute Gasteiger partial charge is 0.351 e. The Morgan fingerprint density at radius 3 is 2.52 bits per heavy atom. The fraction of sp³-hybridized carbons (Fsp3) is 0.111. The minimum Gasteiger partial charge on any atom is -0.351 e. The van der Waals surface area contributed by atoms with Crippen LogP contribution in [0.2, 0.25) is 0 Å². The molecule has 2 aromatic carbocycles. The smallest absolute Gasteiger partial charge is 0.276 e. The summed E-state index contributed by atoms with van der Waals surface area (Å²) >= 11 is 1.55. The van der Waals surface area contributed by atoms with E-state index in [1.165, 1.54) is 6.92 Å². The maximum atomic E-state index is 12.9. The fourth-order valence-electron chi connectivity index (χ4n) is 2.95. The molecule has 1 unspecified atom stereocenters. The van der Waals surface area contributed by atoms with E-state index >= 15 is 0 Å². The van der Waals surface area contributed by atoms with E-state index in [-0.39, 0.29) is 17.1 Å². The van der Waals surface area contributed by atoms with Gasteiger partial charge in [0.2, 0.25) is 0 Å². The van der Waals surface area contributed by atoms with Crippen LogP contribution < -0.4 is 10.2 Å². The second-order valence-corrected chi connectivity index (χ2v) is 6.57. The van der Waals surface area contributed by atoms with Crippen molar-refractivity contribution in [3.63, 3.8) is 0 Å². The van der Waals surface area contributed by atoms with E-state index in [0.717, 1.165) is 16.3 Å². The molecule has 2 aliphatic rings. The zero-order valence-electron chi connectivity index (χ0n) is 12.4. The van der Waals surface area contributed by atoms with E-state index < -0.39 is 0 Å². The van der Waals surface area contributed by atoms with Crippen molar-refractivity contribution in [1.82, 2.24) is 0 Å². The molecule has 5 heteroatoms. The molecule has 0 spiro atoms. The van der Waals surface area contributed by atoms with Crippen molar-refractivity contribution in [1.29, 1.82) is 0 Å². The first-order valence-electron chi connectivity index (χ1n) is 7.33. The van der Waals surface area contributed by atoms with Gasteiger partial charge >= 0.3 is 0 Å². The molecule has 4 nitrogen and oxygen atoms in total. The molecule has 23 heavy (non-hydrogen) atoms. The molecule has 0 saturated heterocycles. The molecule has 1 amide bonds. The average Bonchev–Trinajstić information content (AvgIpc) is 3.04. The summed E-state index contributed by atoms with van der Waals surface area (Å²) in [5.74, 6) is -0.230. The molecule has 114 valence electrons. The lowest BCUT2D eigenvalue weighted by Gasteiger charge is -2.17. The zero-order chi connectivity index (χ0) is 16.0. The number of anilines is 2. The number of Topliss-reactive ketones (excluding diaryl/α,β-unsaturated/α-hetero) is 1. The molecule has 2 heterocycles. The molecule has 0 saturated carbocycles. The Balaban J connectivity index is 1.78. The number of carbonyl (C=O) groups is 2. The SMILES string of the molecule is CC(=O)C1=C(Nc2ccccc2)C(=O)N2c3ccccc3SC12. The predicted molar refractivity (Wildman–Crippen MR) is 91.3 cm³/mol. The van der Waals surface area contributed by atoms with Crippen LogP contribution in [0.5, 0.6) is 0 Å². The van der Waals surface area contributed by atoms with Crippen molar-refractivity contribution in [3.8, 4) is 0 Å². The van der Waals surface area contributed by atoms with Crippen LogP contribution in [-0.2, 0) is 9.59 Å². The number of thioether (sulfide) groups is 1. The molecular formula is C18H14N2O2S. The number of fused-ring (bicyclic) bond motifs is 3. The first-order chi connectivity index (χ1) is 11.2. The van der Waals surface area contributed by atoms with Crippen LogP contribution in [-0.4, -0.2) is 17.1 Å². The number of rotatable bonds is 3. The van der Waals surface area contributed by atoms with Crippen LogP contribution in [0.3, 0.4) is 0 Å². The number of para-hydroxylation sites is 2. The lowest BCUT2D eigenvalue weighted by molar-refractivity contribution is -0.115. The van der Waals surface area contributed by atoms with E-state index in [1.54, 1.807) is 16.7 Å². The number of amides is 1. The van der Waals surface area contributed by atoms with Gasteiger partial charge in [-0.3, -0.25) is 14.5 Å². The molecule has 2 aliphatic heterocycles. The van der Waals surface area contributed by atoms with Crippen LogP contribution >= 0.6 is 11.8 Å². The summed E-state index contributed by atoms with van der Waals surface area (Å²) in [4.78, 5) is 27.8. The Morgan fingerprint density at radius 2 is 1.78 bits per heavy atom. The highest BCUT2D eigenvalue weighted by molar-refractivity contribution is 8.00. The number of benzene rings is 2. The lowest BCUT2D eigenvalue weighted by atomic mass is 10.1. The highest BCUT2D eigenvalue weighted by Crippen LogP contribution is 2.50. The number of carbonyl (C=O) groups excluding carboxylic acids is 2. The standard InChI is InChI=1S/C18H14N2O2S/c1-11(21)15-16(19-12-7-3-2-4-8-12)17(22)20-13-9-5-6-10-14(13)23-18(15)20/h2-10,18-19H,1H3. The van der Waals surface area contributed by atoms with Crippen molar-refractivity contribution in [2.24, 2.45) is 0 Å². The number of nitrogens with zero attached hydrogens (tertiary/aromatic N) is 1. The molecular weight excluding hydrogens is 308 g/mol. The third-order valence-corrected chi connectivity index (χ3v) is 5.24. The molecule has 0 bridgehead atoms. The van der Waals surface area contributed by atoms with Gasteiger partial charge in [0.25, 0.3) is 5.91 Å². The summed E-state index contributed by atoms with van der Waals surface area (Å²) in [6.07, 6.45) is 0. The van der Waals surface area contributed by atoms with Crippen LogP contribution in [0.1, 0.15) is 6.92 Å². The molecule has 0 aromatic heterocycles. The van der Waals surface area contributed by atoms with Gasteiger partial charge in [0.05, 0.1) is 11.3 Å². The van der Waals surface area contributed by atoms with Crippen LogP contribution in [0.15, 0.2) is 70.8 Å². The molecule has 0 aliphatic carbocycles. The molecule has 4 rings (SSSR count). The Bertz CT molecular complexity index is 845. The van der Waals surface area contributed by atoms with Gasteiger partial charge in [-0.1, -0.05) is 42.1 Å². The lowest BCUT2D eigenvalue weighted by Crippen LogP contribution is -2.31. The Morgan fingerprint density at radius 1 is 1.09 bits per heavy atom. The van der Waals surface area contributed by atoms with Crippen molar-refractivity contribution >= 4 is 34.8 Å². The van der Waals surface area contributed by atoms with E-state index in [4.69, 9.17) is 0 Å². The summed E-state index contributed by atoms with van der Waals surface area (Å²) in [6, 6.07) is 17.2. The second-order valence-electron chi connectivity index (χ2n) is 5.45. The van der Waals surface area contributed by atoms with Crippen LogP contribution in [0.25, 0.3) is 0 Å². The normalized spacial score (nSPS) is 18.9. The third-order valence-electron chi connectivity index (χ3n) is 3.97.